The van der Waals surface area contributed by atoms with Crippen molar-refractivity contribution < 1.29 is 0 Å². The zero-order chi connectivity index (χ0) is 17.9. The van der Waals surface area contributed by atoms with Crippen molar-refractivity contribution in [1.82, 2.24) is 0 Å². The van der Waals surface area contributed by atoms with E-state index in [-0.39, 0.29) is 0 Å². The van der Waals surface area contributed by atoms with Crippen LogP contribution in [0.3, 0.4) is 0 Å². The first kappa shape index (κ1) is 17.3. The van der Waals surface area contributed by atoms with Crippen molar-refractivity contribution in [3.63, 3.8) is 0 Å². The SMILES string of the molecule is CCc1ccc2cc(-c3ccc(C4CCC(CC)CC4)cc3)ccc2c1. The maximum absolute atomic E-state index is 2.37. The maximum Gasteiger partial charge on any atom is -0.0162 e. The van der Waals surface area contributed by atoms with E-state index in [1.54, 1.807) is 0 Å². The summed E-state index contributed by atoms with van der Waals surface area (Å²) in [6.45, 7) is 4.55. The Hall–Kier alpha value is -2.08. The molecule has 26 heavy (non-hydrogen) atoms. The molecule has 1 aliphatic rings. The van der Waals surface area contributed by atoms with E-state index in [0.717, 1.165) is 18.3 Å². The van der Waals surface area contributed by atoms with E-state index < -0.39 is 0 Å². The molecule has 0 aromatic heterocycles. The molecule has 1 aliphatic carbocycles. The second-order valence-corrected chi connectivity index (χ2v) is 8.00. The van der Waals surface area contributed by atoms with Crippen LogP contribution in [0.25, 0.3) is 21.9 Å². The quantitative estimate of drug-likeness (QED) is 0.454. The lowest BCUT2D eigenvalue weighted by molar-refractivity contribution is 0.319. The molecule has 0 saturated heterocycles. The van der Waals surface area contributed by atoms with Crippen LogP contribution in [0, 0.1) is 5.92 Å². The third-order valence-electron chi connectivity index (χ3n) is 6.45. The Balaban J connectivity index is 1.54. The molecule has 0 nitrogen and oxygen atoms in total. The Morgan fingerprint density at radius 2 is 1.35 bits per heavy atom. The second-order valence-electron chi connectivity index (χ2n) is 8.00. The van der Waals surface area contributed by atoms with Crippen LogP contribution in [-0.4, -0.2) is 0 Å². The topological polar surface area (TPSA) is 0 Å². The Morgan fingerprint density at radius 1 is 0.692 bits per heavy atom. The van der Waals surface area contributed by atoms with Gasteiger partial charge in [-0.3, -0.25) is 0 Å². The van der Waals surface area contributed by atoms with Gasteiger partial charge in [0.2, 0.25) is 0 Å². The average molecular weight is 343 g/mol. The Bertz CT molecular complexity index is 864. The minimum absolute atomic E-state index is 0.774. The van der Waals surface area contributed by atoms with Crippen LogP contribution in [0.1, 0.15) is 63.0 Å². The van der Waals surface area contributed by atoms with Crippen LogP contribution in [-0.2, 0) is 6.42 Å². The summed E-state index contributed by atoms with van der Waals surface area (Å²) in [7, 11) is 0. The van der Waals surface area contributed by atoms with Gasteiger partial charge in [0.25, 0.3) is 0 Å². The third kappa shape index (κ3) is 3.56. The fourth-order valence-electron chi connectivity index (χ4n) is 4.55. The molecule has 4 rings (SSSR count). The first-order valence-corrected chi connectivity index (χ1v) is 10.4. The van der Waals surface area contributed by atoms with Gasteiger partial charge in [0.1, 0.15) is 0 Å². The number of aryl methyl sites for hydroxylation is 1. The molecule has 0 spiro atoms. The van der Waals surface area contributed by atoms with Crippen LogP contribution in [0.4, 0.5) is 0 Å². The average Bonchev–Trinajstić information content (AvgIpc) is 2.73. The molecule has 1 saturated carbocycles. The summed E-state index contributed by atoms with van der Waals surface area (Å²) in [5.74, 6) is 1.74. The van der Waals surface area contributed by atoms with Crippen molar-refractivity contribution in [3.05, 3.63) is 71.8 Å². The van der Waals surface area contributed by atoms with Crippen LogP contribution in [0.5, 0.6) is 0 Å². The molecule has 0 atom stereocenters. The lowest BCUT2D eigenvalue weighted by Crippen LogP contribution is -2.12. The van der Waals surface area contributed by atoms with E-state index in [9.17, 15) is 0 Å². The predicted molar refractivity (Wildman–Crippen MR) is 114 cm³/mol. The Morgan fingerprint density at radius 3 is 2.04 bits per heavy atom. The van der Waals surface area contributed by atoms with Crippen molar-refractivity contribution in [1.29, 1.82) is 0 Å². The minimum Gasteiger partial charge on any atom is -0.0651 e. The van der Waals surface area contributed by atoms with Gasteiger partial charge in [-0.1, -0.05) is 74.9 Å². The Labute approximate surface area is 158 Å². The van der Waals surface area contributed by atoms with E-state index in [1.165, 1.54) is 65.1 Å². The molecule has 0 N–H and O–H groups in total. The lowest BCUT2D eigenvalue weighted by Gasteiger charge is -2.28. The number of hydrogen-bond donors (Lipinski definition) is 0. The molecule has 0 heterocycles. The van der Waals surface area contributed by atoms with Gasteiger partial charge in [0, 0.05) is 0 Å². The van der Waals surface area contributed by atoms with Gasteiger partial charge in [-0.2, -0.15) is 0 Å². The van der Waals surface area contributed by atoms with Gasteiger partial charge in [-0.15, -0.1) is 0 Å². The molecule has 0 radical (unpaired) electrons. The molecule has 134 valence electrons. The number of hydrogen-bond acceptors (Lipinski definition) is 0. The molecule has 3 aromatic carbocycles. The van der Waals surface area contributed by atoms with Gasteiger partial charge in [-0.05, 0) is 83.0 Å². The van der Waals surface area contributed by atoms with Crippen molar-refractivity contribution in [3.8, 4) is 11.1 Å². The van der Waals surface area contributed by atoms with E-state index in [2.05, 4.69) is 74.5 Å². The molecule has 0 unspecified atom stereocenters. The first-order valence-electron chi connectivity index (χ1n) is 10.4. The fourth-order valence-corrected chi connectivity index (χ4v) is 4.55. The molecular formula is C26H30. The summed E-state index contributed by atoms with van der Waals surface area (Å²) in [5.41, 5.74) is 5.60. The van der Waals surface area contributed by atoms with Crippen LogP contribution < -0.4 is 0 Å². The largest absolute Gasteiger partial charge is 0.0651 e. The zero-order valence-electron chi connectivity index (χ0n) is 16.2. The lowest BCUT2D eigenvalue weighted by atomic mass is 9.77. The van der Waals surface area contributed by atoms with Crippen LogP contribution in [0.2, 0.25) is 0 Å². The molecule has 0 aliphatic heterocycles. The van der Waals surface area contributed by atoms with E-state index in [1.807, 2.05) is 0 Å². The summed E-state index contributed by atoms with van der Waals surface area (Å²) in [4.78, 5) is 0. The summed E-state index contributed by atoms with van der Waals surface area (Å²) in [6.07, 6.45) is 8.01. The highest BCUT2D eigenvalue weighted by Crippen LogP contribution is 2.37. The van der Waals surface area contributed by atoms with Gasteiger partial charge < -0.3 is 0 Å². The highest BCUT2D eigenvalue weighted by Gasteiger charge is 2.21. The van der Waals surface area contributed by atoms with Crippen molar-refractivity contribution in [2.75, 3.05) is 0 Å². The minimum atomic E-state index is 0.774. The smallest absolute Gasteiger partial charge is 0.0162 e. The monoisotopic (exact) mass is 342 g/mol. The highest BCUT2D eigenvalue weighted by molar-refractivity contribution is 5.87. The van der Waals surface area contributed by atoms with Gasteiger partial charge >= 0.3 is 0 Å². The molecule has 0 heteroatoms. The predicted octanol–water partition coefficient (Wildman–Crippen LogP) is 7.75. The van der Waals surface area contributed by atoms with Crippen LogP contribution in [0.15, 0.2) is 60.7 Å². The van der Waals surface area contributed by atoms with Crippen LogP contribution >= 0.6 is 0 Å². The van der Waals surface area contributed by atoms with Crippen molar-refractivity contribution in [2.24, 2.45) is 5.92 Å². The van der Waals surface area contributed by atoms with Gasteiger partial charge in [0.15, 0.2) is 0 Å². The molecule has 3 aromatic rings. The number of fused-ring (bicyclic) bond motifs is 1. The summed E-state index contributed by atoms with van der Waals surface area (Å²) in [6, 6.07) is 23.1. The van der Waals surface area contributed by atoms with E-state index >= 15 is 0 Å². The molecule has 0 bridgehead atoms. The van der Waals surface area contributed by atoms with E-state index in [4.69, 9.17) is 0 Å². The zero-order valence-corrected chi connectivity index (χ0v) is 16.2. The van der Waals surface area contributed by atoms with Gasteiger partial charge in [0.05, 0.1) is 0 Å². The maximum atomic E-state index is 2.37. The molecule has 1 fully saturated rings. The van der Waals surface area contributed by atoms with E-state index in [0.29, 0.717) is 0 Å². The highest BCUT2D eigenvalue weighted by atomic mass is 14.3. The second kappa shape index (κ2) is 7.66. The van der Waals surface area contributed by atoms with Gasteiger partial charge in [-0.25, -0.2) is 0 Å². The number of benzene rings is 3. The summed E-state index contributed by atoms with van der Waals surface area (Å²) >= 11 is 0. The third-order valence-corrected chi connectivity index (χ3v) is 6.45. The first-order chi connectivity index (χ1) is 12.8. The van der Waals surface area contributed by atoms with Crippen molar-refractivity contribution in [2.45, 2.75) is 58.3 Å². The summed E-state index contributed by atoms with van der Waals surface area (Å²) < 4.78 is 0. The molecular weight excluding hydrogens is 312 g/mol. The number of rotatable bonds is 4. The fraction of sp³-hybridized carbons (Fsp3) is 0.385. The summed E-state index contributed by atoms with van der Waals surface area (Å²) in [5, 5.41) is 2.68. The van der Waals surface area contributed by atoms with Crippen molar-refractivity contribution >= 4 is 10.8 Å². The normalized spacial score (nSPS) is 20.4. The molecule has 0 amide bonds. The Kier molecular flexibility index (Phi) is 5.11. The standard InChI is InChI=1S/C26H30/c1-3-19-5-8-21(9-6-19)22-11-13-23(14-12-22)25-16-15-24-17-20(4-2)7-10-26(24)18-25/h7,10-19,21H,3-6,8-9H2,1-2H3.